The molecule has 2 heterocycles. The molecule has 17 heavy (non-hydrogen) atoms. The van der Waals surface area contributed by atoms with Crippen molar-refractivity contribution < 1.29 is 0 Å². The zero-order valence-corrected chi connectivity index (χ0v) is 11.6. The smallest absolute Gasteiger partial charge is 0.147 e. The second kappa shape index (κ2) is 6.33. The summed E-state index contributed by atoms with van der Waals surface area (Å²) in [6.45, 7) is 11.5. The first-order valence-corrected chi connectivity index (χ1v) is 6.05. The van der Waals surface area contributed by atoms with Gasteiger partial charge < -0.3 is 9.88 Å². The second-order valence-electron chi connectivity index (χ2n) is 4.43. The zero-order chi connectivity index (χ0) is 11.5. The maximum Gasteiger partial charge on any atom is 0.147 e. The van der Waals surface area contributed by atoms with Crippen molar-refractivity contribution in [3.8, 4) is 0 Å². The molecule has 5 nitrogen and oxygen atoms in total. The lowest BCUT2D eigenvalue weighted by Gasteiger charge is -2.33. The Morgan fingerprint density at radius 3 is 2.82 bits per heavy atom. The highest BCUT2D eigenvalue weighted by Crippen LogP contribution is 2.09. The highest BCUT2D eigenvalue weighted by molar-refractivity contribution is 5.85. The average Bonchev–Trinajstić information content (AvgIpc) is 2.63. The van der Waals surface area contributed by atoms with Gasteiger partial charge in [-0.2, -0.15) is 0 Å². The lowest BCUT2D eigenvalue weighted by atomic mass is 10.2. The molecule has 1 atom stereocenters. The lowest BCUT2D eigenvalue weighted by Crippen LogP contribution is -2.49. The molecule has 0 aromatic carbocycles. The Bertz CT molecular complexity index is 352. The molecule has 0 spiro atoms. The van der Waals surface area contributed by atoms with Gasteiger partial charge in [0.25, 0.3) is 0 Å². The molecule has 1 aliphatic rings. The normalized spacial score (nSPS) is 21.2. The van der Waals surface area contributed by atoms with E-state index in [1.807, 2.05) is 6.92 Å². The lowest BCUT2D eigenvalue weighted by molar-refractivity contribution is 0.159. The van der Waals surface area contributed by atoms with Crippen molar-refractivity contribution in [2.45, 2.75) is 39.9 Å². The summed E-state index contributed by atoms with van der Waals surface area (Å²) in [7, 11) is 0. The number of hydrogen-bond acceptors (Lipinski definition) is 4. The maximum absolute atomic E-state index is 4.27. The van der Waals surface area contributed by atoms with Crippen molar-refractivity contribution in [3.05, 3.63) is 11.6 Å². The van der Waals surface area contributed by atoms with E-state index in [4.69, 9.17) is 0 Å². The van der Waals surface area contributed by atoms with Crippen LogP contribution in [0.1, 0.15) is 25.5 Å². The molecular weight excluding hydrogens is 238 g/mol. The summed E-state index contributed by atoms with van der Waals surface area (Å²) in [6.07, 6.45) is 0. The number of hydrogen-bond donors (Lipinski definition) is 1. The van der Waals surface area contributed by atoms with Gasteiger partial charge in [0, 0.05) is 32.2 Å². The number of aromatic nitrogens is 3. The monoisotopic (exact) mass is 259 g/mol. The molecule has 2 rings (SSSR count). The van der Waals surface area contributed by atoms with Crippen LogP contribution in [-0.4, -0.2) is 45.3 Å². The van der Waals surface area contributed by atoms with Crippen molar-refractivity contribution in [1.82, 2.24) is 25.0 Å². The Hall–Kier alpha value is -0.650. The van der Waals surface area contributed by atoms with Crippen molar-refractivity contribution in [2.75, 3.05) is 19.6 Å². The largest absolute Gasteiger partial charge is 0.314 e. The molecule has 1 aromatic heterocycles. The Kier molecular flexibility index (Phi) is 5.36. The van der Waals surface area contributed by atoms with Gasteiger partial charge in [0.15, 0.2) is 0 Å². The molecule has 98 valence electrons. The maximum atomic E-state index is 4.27. The van der Waals surface area contributed by atoms with Crippen molar-refractivity contribution >= 4 is 12.4 Å². The van der Waals surface area contributed by atoms with Gasteiger partial charge in [0.2, 0.25) is 0 Å². The number of aryl methyl sites for hydroxylation is 1. The second-order valence-corrected chi connectivity index (χ2v) is 4.43. The van der Waals surface area contributed by atoms with Crippen LogP contribution in [0, 0.1) is 6.92 Å². The quantitative estimate of drug-likeness (QED) is 0.873. The Balaban J connectivity index is 0.00000144. The van der Waals surface area contributed by atoms with E-state index in [1.165, 1.54) is 0 Å². The molecule has 1 aliphatic heterocycles. The van der Waals surface area contributed by atoms with Crippen LogP contribution in [0.3, 0.4) is 0 Å². The first-order valence-electron chi connectivity index (χ1n) is 6.05. The fraction of sp³-hybridized carbons (Fsp3) is 0.818. The summed E-state index contributed by atoms with van der Waals surface area (Å²) in [6, 6.07) is 0.580. The van der Waals surface area contributed by atoms with Gasteiger partial charge >= 0.3 is 0 Å². The van der Waals surface area contributed by atoms with E-state index in [0.717, 1.165) is 44.4 Å². The summed E-state index contributed by atoms with van der Waals surface area (Å²) < 4.78 is 2.19. The molecule has 1 N–H and O–H groups in total. The minimum absolute atomic E-state index is 0. The number of nitrogens with one attached hydrogen (secondary N) is 1. The topological polar surface area (TPSA) is 46.0 Å². The van der Waals surface area contributed by atoms with E-state index in [9.17, 15) is 0 Å². The van der Waals surface area contributed by atoms with Crippen molar-refractivity contribution in [2.24, 2.45) is 0 Å². The zero-order valence-electron chi connectivity index (χ0n) is 10.8. The molecule has 0 radical (unpaired) electrons. The summed E-state index contributed by atoms with van der Waals surface area (Å²) in [4.78, 5) is 2.46. The van der Waals surface area contributed by atoms with Crippen LogP contribution in [0.5, 0.6) is 0 Å². The molecule has 1 unspecified atom stereocenters. The van der Waals surface area contributed by atoms with E-state index in [2.05, 4.69) is 38.8 Å². The van der Waals surface area contributed by atoms with E-state index in [-0.39, 0.29) is 12.4 Å². The van der Waals surface area contributed by atoms with Gasteiger partial charge in [-0.15, -0.1) is 22.6 Å². The number of nitrogens with zero attached hydrogens (tertiary/aromatic N) is 4. The van der Waals surface area contributed by atoms with Crippen LogP contribution in [0.25, 0.3) is 0 Å². The molecular formula is C11H22ClN5. The van der Waals surface area contributed by atoms with Gasteiger partial charge in [-0.25, -0.2) is 0 Å². The highest BCUT2D eigenvalue weighted by atomic mass is 35.5. The Morgan fingerprint density at radius 2 is 2.18 bits per heavy atom. The molecule has 0 bridgehead atoms. The molecule has 0 saturated carbocycles. The van der Waals surface area contributed by atoms with Crippen molar-refractivity contribution in [1.29, 1.82) is 0 Å². The first kappa shape index (κ1) is 14.4. The van der Waals surface area contributed by atoms with Gasteiger partial charge in [0.1, 0.15) is 11.6 Å². The molecule has 1 saturated heterocycles. The van der Waals surface area contributed by atoms with Gasteiger partial charge in [-0.3, -0.25) is 4.90 Å². The summed E-state index contributed by atoms with van der Waals surface area (Å²) in [5, 5.41) is 11.8. The molecule has 0 amide bonds. The van der Waals surface area contributed by atoms with Crippen molar-refractivity contribution in [3.63, 3.8) is 0 Å². The molecule has 6 heteroatoms. The SMILES string of the molecule is CCn1c(C)nnc1CN1CCNCC1C.Cl. The number of piperazine rings is 1. The standard InChI is InChI=1S/C11H21N5.ClH/c1-4-16-10(3)13-14-11(16)8-15-6-5-12-7-9(15)2;/h9,12H,4-8H2,1-3H3;1H. The minimum Gasteiger partial charge on any atom is -0.314 e. The van der Waals surface area contributed by atoms with Gasteiger partial charge in [-0.05, 0) is 20.8 Å². The summed E-state index contributed by atoms with van der Waals surface area (Å²) in [5.41, 5.74) is 0. The van der Waals surface area contributed by atoms with Crippen LogP contribution < -0.4 is 5.32 Å². The molecule has 1 fully saturated rings. The molecule has 0 aliphatic carbocycles. The fourth-order valence-electron chi connectivity index (χ4n) is 2.25. The predicted molar refractivity (Wildman–Crippen MR) is 70.4 cm³/mol. The third kappa shape index (κ3) is 3.18. The van der Waals surface area contributed by atoms with E-state index in [1.54, 1.807) is 0 Å². The van der Waals surface area contributed by atoms with Gasteiger partial charge in [0.05, 0.1) is 6.54 Å². The van der Waals surface area contributed by atoms with Crippen LogP contribution in [0.15, 0.2) is 0 Å². The van der Waals surface area contributed by atoms with Crippen LogP contribution >= 0.6 is 12.4 Å². The van der Waals surface area contributed by atoms with Crippen LogP contribution in [-0.2, 0) is 13.1 Å². The fourth-order valence-corrected chi connectivity index (χ4v) is 2.25. The third-order valence-electron chi connectivity index (χ3n) is 3.31. The predicted octanol–water partition coefficient (Wildman–Crippen LogP) is 0.822. The van der Waals surface area contributed by atoms with E-state index in [0.29, 0.717) is 6.04 Å². The van der Waals surface area contributed by atoms with Crippen LogP contribution in [0.2, 0.25) is 0 Å². The van der Waals surface area contributed by atoms with Crippen LogP contribution in [0.4, 0.5) is 0 Å². The summed E-state index contributed by atoms with van der Waals surface area (Å²) in [5.74, 6) is 2.11. The van der Waals surface area contributed by atoms with E-state index < -0.39 is 0 Å². The molecule has 1 aromatic rings. The highest BCUT2D eigenvalue weighted by Gasteiger charge is 2.20. The number of rotatable bonds is 3. The van der Waals surface area contributed by atoms with Gasteiger partial charge in [-0.1, -0.05) is 0 Å². The third-order valence-corrected chi connectivity index (χ3v) is 3.31. The summed E-state index contributed by atoms with van der Waals surface area (Å²) >= 11 is 0. The Labute approximate surface area is 109 Å². The first-order chi connectivity index (χ1) is 7.72. The number of halogens is 1. The average molecular weight is 260 g/mol. The van der Waals surface area contributed by atoms with E-state index >= 15 is 0 Å². The minimum atomic E-state index is 0. The Morgan fingerprint density at radius 1 is 1.41 bits per heavy atom.